The van der Waals surface area contributed by atoms with Gasteiger partial charge in [0.2, 0.25) is 0 Å². The molecule has 0 saturated carbocycles. The van der Waals surface area contributed by atoms with Gasteiger partial charge in [0, 0.05) is 24.2 Å². The molecule has 5 nitrogen and oxygen atoms in total. The fraction of sp³-hybridized carbons (Fsp3) is 0.364. The fourth-order valence-electron chi connectivity index (χ4n) is 2.18. The molecule has 2 aliphatic heterocycles. The third-order valence-electron chi connectivity index (χ3n) is 3.04. The van der Waals surface area contributed by atoms with Gasteiger partial charge < -0.3 is 11.1 Å². The normalized spacial score (nSPS) is 22.5. The predicted octanol–water partition coefficient (Wildman–Crippen LogP) is 0.950. The highest BCUT2D eigenvalue weighted by atomic mass is 19.1. The van der Waals surface area contributed by atoms with Gasteiger partial charge in [-0.2, -0.15) is 0 Å². The highest BCUT2D eigenvalue weighted by molar-refractivity contribution is 6.00. The van der Waals surface area contributed by atoms with Crippen molar-refractivity contribution in [2.24, 2.45) is 10.9 Å². The lowest BCUT2D eigenvalue weighted by molar-refractivity contribution is 0.616. The number of aromatic nitrogens is 2. The first kappa shape index (κ1) is 10.2. The van der Waals surface area contributed by atoms with Crippen molar-refractivity contribution >= 4 is 17.2 Å². The standard InChI is InChI=1S/C11H12FN5/c12-8-5-16-11(17-9(8)13)7-4-15-10-6(7)2-1-3-14-10/h4-6H,1-3H2,(H,14,15)(H2,13,16,17). The van der Waals surface area contributed by atoms with Crippen LogP contribution in [0.15, 0.2) is 17.4 Å². The first-order valence-electron chi connectivity index (χ1n) is 5.55. The lowest BCUT2D eigenvalue weighted by atomic mass is 9.93. The summed E-state index contributed by atoms with van der Waals surface area (Å²) in [6.45, 7) is 0.854. The van der Waals surface area contributed by atoms with E-state index in [-0.39, 0.29) is 11.7 Å². The molecule has 88 valence electrons. The molecule has 0 amide bonds. The maximum absolute atomic E-state index is 13.0. The van der Waals surface area contributed by atoms with Gasteiger partial charge in [0.1, 0.15) is 5.84 Å². The van der Waals surface area contributed by atoms with Crippen molar-refractivity contribution in [3.05, 3.63) is 24.0 Å². The molecule has 1 atom stereocenters. The second-order valence-electron chi connectivity index (χ2n) is 4.13. The minimum Gasteiger partial charge on any atom is -0.381 e. The molecule has 3 rings (SSSR count). The second-order valence-corrected chi connectivity index (χ2v) is 4.13. The van der Waals surface area contributed by atoms with E-state index in [9.17, 15) is 4.39 Å². The molecular weight excluding hydrogens is 221 g/mol. The highest BCUT2D eigenvalue weighted by Crippen LogP contribution is 2.31. The van der Waals surface area contributed by atoms with E-state index in [4.69, 9.17) is 5.73 Å². The average Bonchev–Trinajstić information content (AvgIpc) is 2.76. The Morgan fingerprint density at radius 1 is 1.47 bits per heavy atom. The molecule has 1 unspecified atom stereocenters. The minimum absolute atomic E-state index is 0.114. The molecule has 0 fully saturated rings. The Bertz CT molecular complexity index is 523. The zero-order valence-corrected chi connectivity index (χ0v) is 9.15. The predicted molar refractivity (Wildman–Crippen MR) is 62.5 cm³/mol. The molecule has 1 aromatic rings. The SMILES string of the molecule is Nc1nc(C2=CNC3=NCCCC23)ncc1F. The largest absolute Gasteiger partial charge is 0.381 e. The molecule has 6 heteroatoms. The van der Waals surface area contributed by atoms with Gasteiger partial charge in [-0.25, -0.2) is 14.4 Å². The summed E-state index contributed by atoms with van der Waals surface area (Å²) in [5.41, 5.74) is 6.39. The van der Waals surface area contributed by atoms with Gasteiger partial charge in [0.05, 0.1) is 6.20 Å². The van der Waals surface area contributed by atoms with E-state index in [1.165, 1.54) is 0 Å². The Labute approximate surface area is 97.7 Å². The molecule has 3 N–H and O–H groups in total. The van der Waals surface area contributed by atoms with Crippen LogP contribution in [0.5, 0.6) is 0 Å². The van der Waals surface area contributed by atoms with Crippen molar-refractivity contribution in [3.8, 4) is 0 Å². The van der Waals surface area contributed by atoms with Gasteiger partial charge in [-0.1, -0.05) is 0 Å². The van der Waals surface area contributed by atoms with Crippen molar-refractivity contribution in [3.63, 3.8) is 0 Å². The summed E-state index contributed by atoms with van der Waals surface area (Å²) in [6, 6.07) is 0. The number of fused-ring (bicyclic) bond motifs is 1. The van der Waals surface area contributed by atoms with Crippen LogP contribution in [-0.4, -0.2) is 22.3 Å². The molecular formula is C11H12FN5. The lowest BCUT2D eigenvalue weighted by Crippen LogP contribution is -2.24. The number of nitrogens with one attached hydrogen (secondary N) is 1. The smallest absolute Gasteiger partial charge is 0.183 e. The van der Waals surface area contributed by atoms with E-state index in [1.807, 2.05) is 6.20 Å². The Balaban J connectivity index is 1.97. The number of anilines is 1. The summed E-state index contributed by atoms with van der Waals surface area (Å²) in [5.74, 6) is 0.940. The monoisotopic (exact) mass is 233 g/mol. The number of nitrogen functional groups attached to an aromatic ring is 1. The zero-order valence-electron chi connectivity index (χ0n) is 9.15. The molecule has 0 aliphatic carbocycles. The first-order valence-corrected chi connectivity index (χ1v) is 5.55. The van der Waals surface area contributed by atoms with E-state index in [1.54, 1.807) is 0 Å². The summed E-state index contributed by atoms with van der Waals surface area (Å²) in [4.78, 5) is 12.4. The molecule has 1 aromatic heterocycles. The van der Waals surface area contributed by atoms with Gasteiger partial charge in [-0.3, -0.25) is 4.99 Å². The minimum atomic E-state index is -0.585. The van der Waals surface area contributed by atoms with Crippen LogP contribution in [0.3, 0.4) is 0 Å². The Hall–Kier alpha value is -1.98. The quantitative estimate of drug-likeness (QED) is 0.757. The zero-order chi connectivity index (χ0) is 11.8. The van der Waals surface area contributed by atoms with Gasteiger partial charge in [0.15, 0.2) is 17.5 Å². The van der Waals surface area contributed by atoms with Crippen LogP contribution in [0.4, 0.5) is 10.2 Å². The van der Waals surface area contributed by atoms with E-state index < -0.39 is 5.82 Å². The Morgan fingerprint density at radius 2 is 2.35 bits per heavy atom. The molecule has 0 bridgehead atoms. The van der Waals surface area contributed by atoms with E-state index in [0.717, 1.165) is 37.0 Å². The van der Waals surface area contributed by atoms with Crippen molar-refractivity contribution in [2.45, 2.75) is 12.8 Å². The summed E-state index contributed by atoms with van der Waals surface area (Å²) in [6.07, 6.45) is 5.00. The number of rotatable bonds is 1. The van der Waals surface area contributed by atoms with Crippen molar-refractivity contribution < 1.29 is 4.39 Å². The fourth-order valence-corrected chi connectivity index (χ4v) is 2.18. The van der Waals surface area contributed by atoms with Crippen molar-refractivity contribution in [2.75, 3.05) is 12.3 Å². The third kappa shape index (κ3) is 1.65. The van der Waals surface area contributed by atoms with Gasteiger partial charge in [0.25, 0.3) is 0 Å². The van der Waals surface area contributed by atoms with Crippen LogP contribution in [0.25, 0.3) is 5.57 Å². The van der Waals surface area contributed by atoms with Gasteiger partial charge >= 0.3 is 0 Å². The van der Waals surface area contributed by atoms with Crippen LogP contribution < -0.4 is 11.1 Å². The van der Waals surface area contributed by atoms with Gasteiger partial charge in [-0.15, -0.1) is 0 Å². The molecule has 0 aromatic carbocycles. The number of amidine groups is 1. The number of nitrogens with zero attached hydrogens (tertiary/aromatic N) is 3. The number of aliphatic imine (C=N–C) groups is 1. The Morgan fingerprint density at radius 3 is 3.18 bits per heavy atom. The van der Waals surface area contributed by atoms with Crippen molar-refractivity contribution in [1.82, 2.24) is 15.3 Å². The van der Waals surface area contributed by atoms with Crippen LogP contribution in [0.1, 0.15) is 18.7 Å². The summed E-state index contributed by atoms with van der Waals surface area (Å²) >= 11 is 0. The highest BCUT2D eigenvalue weighted by Gasteiger charge is 2.30. The molecule has 0 spiro atoms. The number of hydrogen-bond acceptors (Lipinski definition) is 5. The van der Waals surface area contributed by atoms with Crippen LogP contribution in [0.2, 0.25) is 0 Å². The molecule has 2 aliphatic rings. The van der Waals surface area contributed by atoms with Crippen molar-refractivity contribution in [1.29, 1.82) is 0 Å². The average molecular weight is 233 g/mol. The topological polar surface area (TPSA) is 76.2 Å². The van der Waals surface area contributed by atoms with Crippen LogP contribution >= 0.6 is 0 Å². The number of hydrogen-bond donors (Lipinski definition) is 2. The summed E-state index contributed by atoms with van der Waals surface area (Å²) in [5, 5.41) is 3.11. The molecule has 17 heavy (non-hydrogen) atoms. The Kier molecular flexibility index (Phi) is 2.28. The summed E-state index contributed by atoms with van der Waals surface area (Å²) < 4.78 is 13.0. The van der Waals surface area contributed by atoms with Crippen LogP contribution in [-0.2, 0) is 0 Å². The third-order valence-corrected chi connectivity index (χ3v) is 3.04. The molecule has 0 saturated heterocycles. The number of halogens is 1. The maximum Gasteiger partial charge on any atom is 0.183 e. The summed E-state index contributed by atoms with van der Waals surface area (Å²) in [7, 11) is 0. The van der Waals surface area contributed by atoms with E-state index in [0.29, 0.717) is 5.82 Å². The molecule has 0 radical (unpaired) electrons. The lowest BCUT2D eigenvalue weighted by Gasteiger charge is -2.18. The first-order chi connectivity index (χ1) is 8.25. The van der Waals surface area contributed by atoms with E-state index in [2.05, 4.69) is 20.3 Å². The molecule has 3 heterocycles. The number of nitrogens with two attached hydrogens (primary N) is 1. The maximum atomic E-state index is 13.0. The van der Waals surface area contributed by atoms with Gasteiger partial charge in [-0.05, 0) is 12.8 Å². The van der Waals surface area contributed by atoms with Crippen LogP contribution in [0, 0.1) is 11.7 Å². The van der Waals surface area contributed by atoms with E-state index >= 15 is 0 Å². The second kappa shape index (κ2) is 3.80.